The zero-order valence-corrected chi connectivity index (χ0v) is 59.5. The summed E-state index contributed by atoms with van der Waals surface area (Å²) in [4.78, 5) is 58.4. The van der Waals surface area contributed by atoms with Gasteiger partial charge in [0.1, 0.15) is 48.8 Å². The van der Waals surface area contributed by atoms with Crippen LogP contribution in [-0.4, -0.2) is 143 Å². The van der Waals surface area contributed by atoms with E-state index in [4.69, 9.17) is 47.9 Å². The van der Waals surface area contributed by atoms with Crippen LogP contribution in [0.3, 0.4) is 0 Å². The third-order valence-corrected chi connectivity index (χ3v) is 22.1. The summed E-state index contributed by atoms with van der Waals surface area (Å²) in [5.41, 5.74) is 12.1. The second-order valence-corrected chi connectivity index (χ2v) is 28.8. The van der Waals surface area contributed by atoms with E-state index in [9.17, 15) is 19.2 Å². The van der Waals surface area contributed by atoms with Crippen LogP contribution in [0.25, 0.3) is 0 Å². The molecule has 0 spiro atoms. The predicted octanol–water partition coefficient (Wildman–Crippen LogP) is 14.1. The molecule has 0 bridgehead atoms. The fourth-order valence-electron chi connectivity index (χ4n) is 15.9. The number of carbonyl (C=O) groups excluding carboxylic acids is 4. The third kappa shape index (κ3) is 17.9. The summed E-state index contributed by atoms with van der Waals surface area (Å²) in [5.74, 6) is -1.01. The van der Waals surface area contributed by atoms with Crippen molar-refractivity contribution in [2.24, 2.45) is 39.4 Å². The van der Waals surface area contributed by atoms with Crippen molar-refractivity contribution in [2.45, 2.75) is 300 Å². The molecular formula is C78H114N6O12. The highest BCUT2D eigenvalue weighted by Crippen LogP contribution is 2.54. The number of nitrogens with two attached hydrogens (primary N) is 1. The van der Waals surface area contributed by atoms with Gasteiger partial charge in [-0.3, -0.25) is 9.98 Å². The van der Waals surface area contributed by atoms with Crippen molar-refractivity contribution < 1.29 is 57.1 Å². The lowest BCUT2D eigenvalue weighted by atomic mass is 9.83. The number of hydrogen-bond donors (Lipinski definition) is 1. The van der Waals surface area contributed by atoms with Crippen molar-refractivity contribution in [1.82, 2.24) is 15.0 Å². The maximum absolute atomic E-state index is 12.3. The molecule has 12 aliphatic rings. The maximum atomic E-state index is 12.3. The molecule has 18 heteroatoms. The van der Waals surface area contributed by atoms with Gasteiger partial charge in [-0.15, -0.1) is 5.10 Å². The lowest BCUT2D eigenvalue weighted by Crippen LogP contribution is -2.29. The molecule has 13 rings (SSSR count). The van der Waals surface area contributed by atoms with Gasteiger partial charge in [0.05, 0.1) is 34.6 Å². The van der Waals surface area contributed by atoms with E-state index in [0.29, 0.717) is 28.8 Å². The molecule has 9 heterocycles. The van der Waals surface area contributed by atoms with Gasteiger partial charge in [0.2, 0.25) is 0 Å². The van der Waals surface area contributed by atoms with E-state index in [1.807, 2.05) is 32.4 Å². The molecule has 16 atom stereocenters. The topological polar surface area (TPSA) is 237 Å². The number of epoxide rings is 4. The van der Waals surface area contributed by atoms with Crippen LogP contribution < -0.4 is 5.73 Å². The second-order valence-electron chi connectivity index (χ2n) is 28.8. The number of hydrogen-bond acceptors (Lipinski definition) is 17. The number of ether oxygens (including phenoxy) is 8. The van der Waals surface area contributed by atoms with Crippen LogP contribution >= 0.6 is 0 Å². The molecule has 1 aromatic heterocycles. The average Bonchev–Trinajstić information content (AvgIpc) is 1.61. The summed E-state index contributed by atoms with van der Waals surface area (Å²) >= 11 is 0. The van der Waals surface area contributed by atoms with E-state index in [0.717, 1.165) is 147 Å². The maximum Gasteiger partial charge on any atom is 0.334 e. The van der Waals surface area contributed by atoms with Gasteiger partial charge in [-0.05, 0) is 174 Å². The molecule has 0 saturated carbocycles. The first-order valence-corrected chi connectivity index (χ1v) is 36.8. The molecule has 96 heavy (non-hydrogen) atoms. The molecule has 528 valence electrons. The highest BCUT2D eigenvalue weighted by Gasteiger charge is 2.65. The summed E-state index contributed by atoms with van der Waals surface area (Å²) < 4.78 is 48.7. The number of carbonyl (C=O) groups is 4. The zero-order chi connectivity index (χ0) is 69.0. The van der Waals surface area contributed by atoms with E-state index >= 15 is 0 Å². The Morgan fingerprint density at radius 1 is 0.479 bits per heavy atom. The number of aromatic nitrogens is 3. The molecular weight excluding hydrogens is 1210 g/mol. The molecule has 0 radical (unpaired) electrons. The molecule has 2 N–H and O–H groups in total. The first-order chi connectivity index (χ1) is 46.3. The lowest BCUT2D eigenvalue weighted by molar-refractivity contribution is -0.140. The van der Waals surface area contributed by atoms with Crippen LogP contribution in [0.1, 0.15) is 222 Å². The number of aliphatic imine (C=N–C) groups is 2. The van der Waals surface area contributed by atoms with Crippen molar-refractivity contribution in [1.29, 1.82) is 0 Å². The SMILES string of the molecule is C=C1C(=O)O[C@H]2[C@H]1CC/C(C=NCCCCCCCCCCN=C/C1=C/CC[C@@]3(C)O[C@H]3[C@H]3OC(=O)C(=C)[C@@H]3CC1)=C\CC[C@@]1(C)O[C@@H]21.C=C1C(=O)O[C@H]2[C@H]1CC/C(CCc1cn(C/C3=C/CC[C@@]4(C)OC4[C@H]4OC(=O)C(=C)[C@@H]4CC3)nn1)=C\CC[C@@]1(C)O[C@@H]21.CC.CC.CN. The van der Waals surface area contributed by atoms with Gasteiger partial charge in [0.15, 0.2) is 0 Å². The van der Waals surface area contributed by atoms with Crippen molar-refractivity contribution in [3.05, 3.63) is 107 Å². The molecule has 1 unspecified atom stereocenters. The van der Waals surface area contributed by atoms with Crippen LogP contribution in [0, 0.1) is 23.7 Å². The summed E-state index contributed by atoms with van der Waals surface area (Å²) in [6.07, 6.45) is 40.4. The average molecular weight is 1330 g/mol. The Bertz CT molecular complexity index is 3070. The largest absolute Gasteiger partial charge is 0.455 e. The van der Waals surface area contributed by atoms with Gasteiger partial charge in [-0.2, -0.15) is 0 Å². The van der Waals surface area contributed by atoms with E-state index < -0.39 is 0 Å². The Balaban J connectivity index is 0.000000211. The normalized spacial score (nSPS) is 37.9. The van der Waals surface area contributed by atoms with Crippen LogP contribution in [0.2, 0.25) is 0 Å². The Labute approximate surface area is 572 Å². The van der Waals surface area contributed by atoms with E-state index in [1.54, 1.807) is 0 Å². The van der Waals surface area contributed by atoms with Crippen LogP contribution in [0.5, 0.6) is 0 Å². The zero-order valence-electron chi connectivity index (χ0n) is 59.5. The number of unbranched alkanes of at least 4 members (excludes halogenated alkanes) is 7. The Hall–Kier alpha value is -5.92. The summed E-state index contributed by atoms with van der Waals surface area (Å²) in [7, 11) is 1.50. The van der Waals surface area contributed by atoms with E-state index in [2.05, 4.69) is 113 Å². The number of fused-ring (bicyclic) bond motifs is 12. The van der Waals surface area contributed by atoms with E-state index in [1.165, 1.54) is 67.9 Å². The molecule has 18 nitrogen and oxygen atoms in total. The third-order valence-electron chi connectivity index (χ3n) is 22.1. The predicted molar refractivity (Wildman–Crippen MR) is 374 cm³/mol. The number of esters is 4. The Kier molecular flexibility index (Phi) is 25.8. The summed E-state index contributed by atoms with van der Waals surface area (Å²) in [6, 6.07) is 0. The fourth-order valence-corrected chi connectivity index (χ4v) is 15.9. The fraction of sp³-hybridized carbons (Fsp3) is 0.692. The smallest absolute Gasteiger partial charge is 0.334 e. The first-order valence-electron chi connectivity index (χ1n) is 36.8. The van der Waals surface area contributed by atoms with Crippen LogP contribution in [0.4, 0.5) is 0 Å². The minimum Gasteiger partial charge on any atom is -0.455 e. The van der Waals surface area contributed by atoms with Crippen molar-refractivity contribution in [3.63, 3.8) is 0 Å². The number of aryl methyl sites for hydroxylation is 1. The highest BCUT2D eigenvalue weighted by molar-refractivity contribution is 5.92. The molecule has 0 amide bonds. The monoisotopic (exact) mass is 1330 g/mol. The van der Waals surface area contributed by atoms with Gasteiger partial charge in [-0.1, -0.05) is 133 Å². The van der Waals surface area contributed by atoms with Crippen molar-refractivity contribution >= 4 is 36.3 Å². The summed E-state index contributed by atoms with van der Waals surface area (Å²) in [5, 5.41) is 8.94. The van der Waals surface area contributed by atoms with Gasteiger partial charge < -0.3 is 43.6 Å². The minimum atomic E-state index is -0.284. The van der Waals surface area contributed by atoms with Gasteiger partial charge in [0, 0.05) is 77.7 Å². The van der Waals surface area contributed by atoms with Crippen LogP contribution in [-0.2, 0) is 70.0 Å². The Morgan fingerprint density at radius 3 is 1.18 bits per heavy atom. The molecule has 1 aromatic rings. The molecule has 8 saturated heterocycles. The van der Waals surface area contributed by atoms with E-state index in [-0.39, 0.29) is 119 Å². The van der Waals surface area contributed by atoms with Crippen LogP contribution in [0.15, 0.2) is 111 Å². The highest BCUT2D eigenvalue weighted by atomic mass is 16.7. The molecule has 4 aliphatic carbocycles. The quantitative estimate of drug-likeness (QED) is 0.0274. The van der Waals surface area contributed by atoms with Gasteiger partial charge in [0.25, 0.3) is 0 Å². The second kappa shape index (κ2) is 33.3. The van der Waals surface area contributed by atoms with Gasteiger partial charge in [-0.25, -0.2) is 23.9 Å². The van der Waals surface area contributed by atoms with Crippen molar-refractivity contribution in [2.75, 3.05) is 20.1 Å². The number of allylic oxidation sites excluding steroid dienone is 8. The molecule has 8 fully saturated rings. The first kappa shape index (κ1) is 74.3. The minimum absolute atomic E-state index is 0.00231. The standard InChI is InChI=1S/C40H56N2O6.C33H41N3O6.2C2H6.CH5N/c1-27-31-19-17-29(15-13-21-39(3)35(47-39)33(31)45-37(27)43)25-41-23-11-9-7-5-6-8-10-12-24-42-26-30-16-14-22-40(4)36(48-40)34-32(20-18-30)28(2)38(44)46-34;1-19-24-13-10-21(7-5-15-32(3)28(41-32)26(24)39-30(19)37)9-12-23-18-36(35-34-23)17-22-8-6-16-33(4)29(42-33)27-25(14-11-22)20(2)31(38)40-27;3*1-2/h15-16,25-26,31-36H,1-2,5-14,17-24H2,3-4H3;7-8,18,24-29H,1-2,5-6,9-17H2,3-4H3;2*1-2H3;2H2,1H3/b29-15+,30-16+,41-25?,42-26?;21-7-,22-8+;;;/t31-,32-,33-,34-,35-,36-,39+,40+;24-,25-,26-,27-,28-,29?,32+,33+;;;/m00.../s1. The Morgan fingerprint density at radius 2 is 0.802 bits per heavy atom. The number of nitrogens with zero attached hydrogens (tertiary/aromatic N) is 5. The van der Waals surface area contributed by atoms with Crippen molar-refractivity contribution in [3.8, 4) is 0 Å². The molecule has 0 aromatic carbocycles. The summed E-state index contributed by atoms with van der Waals surface area (Å²) in [6.45, 7) is 35.0. The molecule has 8 aliphatic heterocycles. The number of rotatable bonds is 18. The lowest BCUT2D eigenvalue weighted by Gasteiger charge is -2.20. The van der Waals surface area contributed by atoms with Gasteiger partial charge >= 0.3 is 23.9 Å².